The molecule has 1 aliphatic rings. The molecule has 0 saturated carbocycles. The van der Waals surface area contributed by atoms with Gasteiger partial charge in [0.05, 0.1) is 13.3 Å². The molecular weight excluding hydrogens is 322 g/mol. The molecule has 2 aromatic rings. The number of pyridine rings is 2. The highest BCUT2D eigenvalue weighted by molar-refractivity contribution is 5.21. The van der Waals surface area contributed by atoms with Crippen LogP contribution in [0.25, 0.3) is 0 Å². The van der Waals surface area contributed by atoms with Gasteiger partial charge >= 0.3 is 0 Å². The van der Waals surface area contributed by atoms with Crippen molar-refractivity contribution in [2.45, 2.75) is 52.5 Å². The van der Waals surface area contributed by atoms with Crippen LogP contribution in [-0.2, 0) is 12.8 Å². The Balaban J connectivity index is 1.58. The molecule has 0 aromatic carbocycles. The number of aryl methyl sites for hydroxylation is 2. The molecule has 2 aromatic heterocycles. The summed E-state index contributed by atoms with van der Waals surface area (Å²) in [5.41, 5.74) is 4.84. The molecule has 3 rings (SSSR count). The number of aromatic nitrogens is 2. The molecule has 2 atom stereocenters. The second kappa shape index (κ2) is 8.63. The molecule has 1 aliphatic heterocycles. The summed E-state index contributed by atoms with van der Waals surface area (Å²) in [6.07, 6.45) is 6.58. The number of hydrogen-bond donors (Lipinski definition) is 0. The number of methoxy groups -OCH3 is 1. The topological polar surface area (TPSA) is 38.2 Å². The molecule has 0 aliphatic carbocycles. The van der Waals surface area contributed by atoms with E-state index < -0.39 is 0 Å². The van der Waals surface area contributed by atoms with Crippen molar-refractivity contribution in [1.82, 2.24) is 14.9 Å². The Bertz CT molecular complexity index is 694. The van der Waals surface area contributed by atoms with Crippen LogP contribution in [0, 0.1) is 19.8 Å². The van der Waals surface area contributed by atoms with Gasteiger partial charge in [-0.15, -0.1) is 0 Å². The first-order chi connectivity index (χ1) is 12.5. The van der Waals surface area contributed by atoms with Crippen LogP contribution in [0.2, 0.25) is 0 Å². The summed E-state index contributed by atoms with van der Waals surface area (Å²) in [4.78, 5) is 11.7. The minimum Gasteiger partial charge on any atom is -0.495 e. The molecule has 1 unspecified atom stereocenters. The van der Waals surface area contributed by atoms with Crippen LogP contribution in [0.4, 0.5) is 0 Å². The zero-order chi connectivity index (χ0) is 18.5. The quantitative estimate of drug-likeness (QED) is 0.787. The highest BCUT2D eigenvalue weighted by Gasteiger charge is 2.24. The van der Waals surface area contributed by atoms with E-state index in [1.165, 1.54) is 31.5 Å². The van der Waals surface area contributed by atoms with E-state index in [0.717, 1.165) is 41.6 Å². The van der Waals surface area contributed by atoms with E-state index in [1.807, 2.05) is 12.3 Å². The number of likely N-dealkylation sites (tertiary alicyclic amines) is 1. The SMILES string of the molecule is COc1ccc(CC(C)N2CCC[C@H](Cc3cc(C)nc(C)c3)C2)nc1. The van der Waals surface area contributed by atoms with Gasteiger partial charge in [0.25, 0.3) is 0 Å². The number of hydrogen-bond acceptors (Lipinski definition) is 4. The number of rotatable bonds is 6. The molecule has 0 bridgehead atoms. The summed E-state index contributed by atoms with van der Waals surface area (Å²) < 4.78 is 5.20. The zero-order valence-electron chi connectivity index (χ0n) is 16.5. The first-order valence-electron chi connectivity index (χ1n) is 9.70. The smallest absolute Gasteiger partial charge is 0.137 e. The lowest BCUT2D eigenvalue weighted by molar-refractivity contribution is 0.130. The molecule has 4 heteroatoms. The molecule has 0 amide bonds. The monoisotopic (exact) mass is 353 g/mol. The maximum Gasteiger partial charge on any atom is 0.137 e. The first kappa shape index (κ1) is 18.8. The van der Waals surface area contributed by atoms with Crippen molar-refractivity contribution in [3.63, 3.8) is 0 Å². The van der Waals surface area contributed by atoms with Crippen LogP contribution >= 0.6 is 0 Å². The Morgan fingerprint density at radius 3 is 2.65 bits per heavy atom. The van der Waals surface area contributed by atoms with Gasteiger partial charge in [0, 0.05) is 36.1 Å². The lowest BCUT2D eigenvalue weighted by Crippen LogP contribution is -2.42. The summed E-state index contributed by atoms with van der Waals surface area (Å²) in [5.74, 6) is 1.55. The third kappa shape index (κ3) is 5.04. The summed E-state index contributed by atoms with van der Waals surface area (Å²) in [6, 6.07) is 9.09. The molecule has 26 heavy (non-hydrogen) atoms. The van der Waals surface area contributed by atoms with E-state index in [0.29, 0.717) is 6.04 Å². The van der Waals surface area contributed by atoms with E-state index in [-0.39, 0.29) is 0 Å². The van der Waals surface area contributed by atoms with Crippen molar-refractivity contribution < 1.29 is 4.74 Å². The largest absolute Gasteiger partial charge is 0.495 e. The van der Waals surface area contributed by atoms with Gasteiger partial charge < -0.3 is 4.74 Å². The molecular formula is C22H31N3O. The van der Waals surface area contributed by atoms with Crippen LogP contribution in [-0.4, -0.2) is 41.1 Å². The molecule has 3 heterocycles. The Labute approximate surface area is 157 Å². The van der Waals surface area contributed by atoms with Gasteiger partial charge in [-0.2, -0.15) is 0 Å². The molecule has 0 N–H and O–H groups in total. The van der Waals surface area contributed by atoms with E-state index in [9.17, 15) is 0 Å². The first-order valence-corrected chi connectivity index (χ1v) is 9.70. The predicted molar refractivity (Wildman–Crippen MR) is 106 cm³/mol. The number of nitrogens with zero attached hydrogens (tertiary/aromatic N) is 3. The van der Waals surface area contributed by atoms with Crippen molar-refractivity contribution in [1.29, 1.82) is 0 Å². The van der Waals surface area contributed by atoms with Crippen LogP contribution in [0.3, 0.4) is 0 Å². The second-order valence-corrected chi connectivity index (χ2v) is 7.71. The van der Waals surface area contributed by atoms with Gasteiger partial charge in [0.15, 0.2) is 0 Å². The average molecular weight is 354 g/mol. The summed E-state index contributed by atoms with van der Waals surface area (Å²) >= 11 is 0. The third-order valence-electron chi connectivity index (χ3n) is 5.38. The highest BCUT2D eigenvalue weighted by atomic mass is 16.5. The summed E-state index contributed by atoms with van der Waals surface area (Å²) in [5, 5.41) is 0. The zero-order valence-corrected chi connectivity index (χ0v) is 16.5. The van der Waals surface area contributed by atoms with Gasteiger partial charge in [-0.05, 0) is 82.3 Å². The minimum absolute atomic E-state index is 0.514. The highest BCUT2D eigenvalue weighted by Crippen LogP contribution is 2.24. The number of piperidine rings is 1. The van der Waals surface area contributed by atoms with E-state index in [2.05, 4.69) is 53.8 Å². The second-order valence-electron chi connectivity index (χ2n) is 7.71. The van der Waals surface area contributed by atoms with Gasteiger partial charge in [-0.25, -0.2) is 0 Å². The van der Waals surface area contributed by atoms with Crippen LogP contribution in [0.15, 0.2) is 30.5 Å². The Morgan fingerprint density at radius 1 is 1.23 bits per heavy atom. The Hall–Kier alpha value is -1.94. The predicted octanol–water partition coefficient (Wildman–Crippen LogP) is 3.99. The van der Waals surface area contributed by atoms with Gasteiger partial charge in [0.2, 0.25) is 0 Å². The Morgan fingerprint density at radius 2 is 2.00 bits per heavy atom. The number of ether oxygens (including phenoxy) is 1. The molecule has 4 nitrogen and oxygen atoms in total. The minimum atomic E-state index is 0.514. The standard InChI is InChI=1S/C22H31N3O/c1-16-10-20(11-17(2)24-16)13-19-6-5-9-25(15-19)18(3)12-21-7-8-22(26-4)14-23-21/h7-8,10-11,14,18-19H,5-6,9,12-13,15H2,1-4H3/t18?,19-/m1/s1. The third-order valence-corrected chi connectivity index (χ3v) is 5.38. The van der Waals surface area contributed by atoms with E-state index in [1.54, 1.807) is 7.11 Å². The Kier molecular flexibility index (Phi) is 6.25. The fourth-order valence-electron chi connectivity index (χ4n) is 4.12. The lowest BCUT2D eigenvalue weighted by atomic mass is 9.90. The van der Waals surface area contributed by atoms with Crippen molar-refractivity contribution in [3.8, 4) is 5.75 Å². The summed E-state index contributed by atoms with van der Waals surface area (Å²) in [6.45, 7) is 8.89. The van der Waals surface area contributed by atoms with Crippen LogP contribution in [0.1, 0.15) is 42.4 Å². The van der Waals surface area contributed by atoms with Crippen LogP contribution in [0.5, 0.6) is 5.75 Å². The molecule has 0 spiro atoms. The van der Waals surface area contributed by atoms with Gasteiger partial charge in [-0.3, -0.25) is 14.9 Å². The maximum absolute atomic E-state index is 5.20. The lowest BCUT2D eigenvalue weighted by Gasteiger charge is -2.37. The normalized spacial score (nSPS) is 19.3. The van der Waals surface area contributed by atoms with E-state index in [4.69, 9.17) is 4.74 Å². The summed E-state index contributed by atoms with van der Waals surface area (Å²) in [7, 11) is 1.68. The molecule has 0 radical (unpaired) electrons. The fraction of sp³-hybridized carbons (Fsp3) is 0.545. The molecule has 1 saturated heterocycles. The van der Waals surface area contributed by atoms with Crippen molar-refractivity contribution in [2.75, 3.05) is 20.2 Å². The molecule has 140 valence electrons. The van der Waals surface area contributed by atoms with Crippen molar-refractivity contribution in [2.24, 2.45) is 5.92 Å². The molecule has 1 fully saturated rings. The average Bonchev–Trinajstić information content (AvgIpc) is 2.61. The van der Waals surface area contributed by atoms with Gasteiger partial charge in [-0.1, -0.05) is 0 Å². The maximum atomic E-state index is 5.20. The fourth-order valence-corrected chi connectivity index (χ4v) is 4.12. The van der Waals surface area contributed by atoms with Crippen LogP contribution < -0.4 is 4.74 Å². The van der Waals surface area contributed by atoms with Gasteiger partial charge in [0.1, 0.15) is 5.75 Å². The van der Waals surface area contributed by atoms with Crippen molar-refractivity contribution >= 4 is 0 Å². The van der Waals surface area contributed by atoms with E-state index >= 15 is 0 Å². The van der Waals surface area contributed by atoms with Crippen molar-refractivity contribution in [3.05, 3.63) is 53.1 Å².